The van der Waals surface area contributed by atoms with Crippen molar-refractivity contribution in [2.45, 2.75) is 27.2 Å². The van der Waals surface area contributed by atoms with Gasteiger partial charge in [-0.2, -0.15) is 0 Å². The van der Waals surface area contributed by atoms with E-state index < -0.39 is 23.0 Å². The number of carbonyl (C=O) groups excluding carboxylic acids is 1. The van der Waals surface area contributed by atoms with Crippen molar-refractivity contribution in [3.05, 3.63) is 69.8 Å². The van der Waals surface area contributed by atoms with Gasteiger partial charge in [0.2, 0.25) is 0 Å². The fraction of sp³-hybridized carbons (Fsp3) is 0.235. The van der Waals surface area contributed by atoms with Crippen molar-refractivity contribution >= 4 is 5.78 Å². The first-order chi connectivity index (χ1) is 9.40. The quantitative estimate of drug-likeness (QED) is 0.762. The van der Waals surface area contributed by atoms with Crippen LogP contribution in [0, 0.1) is 32.4 Å². The summed E-state index contributed by atoms with van der Waals surface area (Å²) >= 11 is 0. The summed E-state index contributed by atoms with van der Waals surface area (Å²) in [5.74, 6) is -2.10. The van der Waals surface area contributed by atoms with Gasteiger partial charge in [-0.1, -0.05) is 24.3 Å². The van der Waals surface area contributed by atoms with E-state index in [0.717, 1.165) is 22.8 Å². The van der Waals surface area contributed by atoms with Gasteiger partial charge in [-0.15, -0.1) is 0 Å². The minimum atomic E-state index is -0.804. The Morgan fingerprint density at radius 1 is 0.950 bits per heavy atom. The normalized spacial score (nSPS) is 10.7. The molecule has 0 radical (unpaired) electrons. The van der Waals surface area contributed by atoms with Gasteiger partial charge in [-0.3, -0.25) is 4.79 Å². The van der Waals surface area contributed by atoms with Crippen LogP contribution in [0.15, 0.2) is 30.3 Å². The van der Waals surface area contributed by atoms with Crippen molar-refractivity contribution < 1.29 is 13.6 Å². The second-order valence-electron chi connectivity index (χ2n) is 5.07. The largest absolute Gasteiger partial charge is 0.294 e. The fourth-order valence-electron chi connectivity index (χ4n) is 2.10. The van der Waals surface area contributed by atoms with Crippen LogP contribution in [0.2, 0.25) is 0 Å². The zero-order chi connectivity index (χ0) is 14.9. The van der Waals surface area contributed by atoms with E-state index >= 15 is 0 Å². The molecule has 0 saturated carbocycles. The monoisotopic (exact) mass is 274 g/mol. The maximum absolute atomic E-state index is 13.9. The number of rotatable bonds is 3. The van der Waals surface area contributed by atoms with Crippen molar-refractivity contribution in [2.24, 2.45) is 0 Å². The number of halogens is 2. The number of Topliss-reactive ketones (excluding diaryl/α,β-unsaturated/α-hetero) is 1. The van der Waals surface area contributed by atoms with Crippen LogP contribution in [0.4, 0.5) is 8.78 Å². The molecule has 0 fully saturated rings. The highest BCUT2D eigenvalue weighted by molar-refractivity contribution is 5.98. The van der Waals surface area contributed by atoms with Crippen LogP contribution in [-0.2, 0) is 6.42 Å². The van der Waals surface area contributed by atoms with Gasteiger partial charge in [0, 0.05) is 6.42 Å². The van der Waals surface area contributed by atoms with Crippen molar-refractivity contribution in [1.82, 2.24) is 0 Å². The molecule has 0 saturated heterocycles. The van der Waals surface area contributed by atoms with Crippen LogP contribution in [0.3, 0.4) is 0 Å². The fourth-order valence-corrected chi connectivity index (χ4v) is 2.10. The second kappa shape index (κ2) is 5.53. The molecule has 2 rings (SSSR count). The molecule has 0 atom stereocenters. The molecule has 104 valence electrons. The van der Waals surface area contributed by atoms with Crippen LogP contribution in [0.5, 0.6) is 0 Å². The van der Waals surface area contributed by atoms with Crippen LogP contribution >= 0.6 is 0 Å². The number of aryl methyl sites for hydroxylation is 3. The van der Waals surface area contributed by atoms with Crippen LogP contribution in [-0.4, -0.2) is 5.78 Å². The first kappa shape index (κ1) is 14.4. The van der Waals surface area contributed by atoms with Gasteiger partial charge in [0.25, 0.3) is 0 Å². The highest BCUT2D eigenvalue weighted by Gasteiger charge is 2.19. The molecule has 0 aliphatic carbocycles. The zero-order valence-corrected chi connectivity index (χ0v) is 11.8. The lowest BCUT2D eigenvalue weighted by Gasteiger charge is -2.08. The molecule has 2 aromatic rings. The first-order valence-corrected chi connectivity index (χ1v) is 6.44. The summed E-state index contributed by atoms with van der Waals surface area (Å²) in [5.41, 5.74) is 2.77. The van der Waals surface area contributed by atoms with Gasteiger partial charge in [-0.05, 0) is 49.1 Å². The van der Waals surface area contributed by atoms with Gasteiger partial charge >= 0.3 is 0 Å². The number of benzene rings is 2. The lowest BCUT2D eigenvalue weighted by molar-refractivity contribution is 0.0984. The van der Waals surface area contributed by atoms with E-state index in [0.29, 0.717) is 0 Å². The number of hydrogen-bond donors (Lipinski definition) is 0. The van der Waals surface area contributed by atoms with E-state index in [1.807, 2.05) is 32.0 Å². The van der Waals surface area contributed by atoms with Crippen molar-refractivity contribution in [3.8, 4) is 0 Å². The van der Waals surface area contributed by atoms with Crippen LogP contribution < -0.4 is 0 Å². The molecule has 1 nitrogen and oxygen atoms in total. The number of carbonyl (C=O) groups is 1. The maximum atomic E-state index is 13.9. The molecular weight excluding hydrogens is 258 g/mol. The van der Waals surface area contributed by atoms with Gasteiger partial charge in [0.1, 0.15) is 11.6 Å². The Kier molecular flexibility index (Phi) is 3.98. The minimum absolute atomic E-state index is 0.00157. The molecule has 0 bridgehead atoms. The maximum Gasteiger partial charge on any atom is 0.173 e. The van der Waals surface area contributed by atoms with E-state index in [9.17, 15) is 13.6 Å². The van der Waals surface area contributed by atoms with E-state index in [-0.39, 0.29) is 12.0 Å². The van der Waals surface area contributed by atoms with Crippen molar-refractivity contribution in [1.29, 1.82) is 0 Å². The lowest BCUT2D eigenvalue weighted by atomic mass is 9.98. The summed E-state index contributed by atoms with van der Waals surface area (Å²) in [5, 5.41) is 0. The summed E-state index contributed by atoms with van der Waals surface area (Å²) in [4.78, 5) is 12.1. The third-order valence-corrected chi connectivity index (χ3v) is 3.50. The molecule has 0 amide bonds. The lowest BCUT2D eigenvalue weighted by Crippen LogP contribution is -2.10. The predicted octanol–water partition coefficient (Wildman–Crippen LogP) is 4.32. The Morgan fingerprint density at radius 3 is 2.25 bits per heavy atom. The van der Waals surface area contributed by atoms with Gasteiger partial charge in [-0.25, -0.2) is 8.78 Å². The second-order valence-corrected chi connectivity index (χ2v) is 5.07. The van der Waals surface area contributed by atoms with Crippen LogP contribution in [0.1, 0.15) is 32.6 Å². The SMILES string of the molecule is Cc1ccc(CC(=O)c2c(F)ccc(C)c2F)cc1C. The summed E-state index contributed by atoms with van der Waals surface area (Å²) in [7, 11) is 0. The standard InChI is InChI=1S/C17H16F2O/c1-10-4-6-13(8-12(10)3)9-15(20)16-14(18)7-5-11(2)17(16)19/h4-8H,9H2,1-3H3. The van der Waals surface area contributed by atoms with E-state index in [1.54, 1.807) is 0 Å². The summed E-state index contributed by atoms with van der Waals surface area (Å²) in [6.45, 7) is 5.43. The Labute approximate surface area is 117 Å². The van der Waals surface area contributed by atoms with Crippen molar-refractivity contribution in [2.75, 3.05) is 0 Å². The molecule has 0 unspecified atom stereocenters. The van der Waals surface area contributed by atoms with Gasteiger partial charge in [0.15, 0.2) is 5.78 Å². The summed E-state index contributed by atoms with van der Waals surface area (Å²) < 4.78 is 27.6. The Hall–Kier alpha value is -2.03. The third kappa shape index (κ3) is 2.77. The minimum Gasteiger partial charge on any atom is -0.294 e. The highest BCUT2D eigenvalue weighted by Crippen LogP contribution is 2.19. The van der Waals surface area contributed by atoms with Crippen LogP contribution in [0.25, 0.3) is 0 Å². The van der Waals surface area contributed by atoms with Gasteiger partial charge in [0.05, 0.1) is 5.56 Å². The van der Waals surface area contributed by atoms with E-state index in [2.05, 4.69) is 0 Å². The third-order valence-electron chi connectivity index (χ3n) is 3.50. The summed E-state index contributed by atoms with van der Waals surface area (Å²) in [6, 6.07) is 8.05. The Balaban J connectivity index is 2.33. The summed E-state index contributed by atoms with van der Waals surface area (Å²) in [6.07, 6.45) is -0.00157. The molecule has 0 N–H and O–H groups in total. The number of hydrogen-bond acceptors (Lipinski definition) is 1. The average molecular weight is 274 g/mol. The number of ketones is 1. The first-order valence-electron chi connectivity index (χ1n) is 6.44. The topological polar surface area (TPSA) is 17.1 Å². The van der Waals surface area contributed by atoms with Crippen molar-refractivity contribution in [3.63, 3.8) is 0 Å². The molecule has 0 spiro atoms. The molecule has 3 heteroatoms. The zero-order valence-electron chi connectivity index (χ0n) is 11.8. The Morgan fingerprint density at radius 2 is 1.60 bits per heavy atom. The average Bonchev–Trinajstić information content (AvgIpc) is 2.39. The van der Waals surface area contributed by atoms with E-state index in [4.69, 9.17) is 0 Å². The molecule has 0 aliphatic heterocycles. The highest BCUT2D eigenvalue weighted by atomic mass is 19.1. The molecule has 0 aromatic heterocycles. The molecule has 0 aliphatic rings. The molecule has 2 aromatic carbocycles. The smallest absolute Gasteiger partial charge is 0.173 e. The molecule has 20 heavy (non-hydrogen) atoms. The molecule has 0 heterocycles. The Bertz CT molecular complexity index is 675. The predicted molar refractivity (Wildman–Crippen MR) is 75.0 cm³/mol. The molecular formula is C17H16F2O. The van der Waals surface area contributed by atoms with E-state index in [1.165, 1.54) is 13.0 Å². The van der Waals surface area contributed by atoms with Gasteiger partial charge < -0.3 is 0 Å².